The Morgan fingerprint density at radius 1 is 0.969 bits per heavy atom. The lowest BCUT2D eigenvalue weighted by Gasteiger charge is -2.30. The summed E-state index contributed by atoms with van der Waals surface area (Å²) in [7, 11) is 0. The van der Waals surface area contributed by atoms with Crippen molar-refractivity contribution in [3.63, 3.8) is 0 Å². The highest BCUT2D eigenvalue weighted by atomic mass is 35.5. The van der Waals surface area contributed by atoms with E-state index in [2.05, 4.69) is 59.2 Å². The topological polar surface area (TPSA) is 50.4 Å². The molecule has 5 rings (SSSR count). The molecule has 1 amide bonds. The predicted octanol–water partition coefficient (Wildman–Crippen LogP) is 4.90. The first-order valence-electron chi connectivity index (χ1n) is 11.2. The van der Waals surface area contributed by atoms with Gasteiger partial charge in [-0.3, -0.25) is 4.79 Å². The zero-order chi connectivity index (χ0) is 21.0. The Morgan fingerprint density at radius 2 is 1.78 bits per heavy atom. The van der Waals surface area contributed by atoms with Gasteiger partial charge >= 0.3 is 0 Å². The number of benzene rings is 3. The summed E-state index contributed by atoms with van der Waals surface area (Å²) in [6, 6.07) is 24.8. The maximum atomic E-state index is 13.0. The van der Waals surface area contributed by atoms with Gasteiger partial charge in [0.25, 0.3) is 0 Å². The van der Waals surface area contributed by atoms with Crippen LogP contribution in [0.25, 0.3) is 0 Å². The number of aryl methyl sites for hydroxylation is 1. The molecule has 1 aliphatic heterocycles. The lowest BCUT2D eigenvalue weighted by atomic mass is 9.87. The fraction of sp³-hybridized carbons (Fsp3) is 0.296. The van der Waals surface area contributed by atoms with E-state index in [-0.39, 0.29) is 30.4 Å². The largest absolute Gasteiger partial charge is 0.489 e. The molecule has 32 heavy (non-hydrogen) atoms. The molecule has 2 aliphatic rings. The third-order valence-corrected chi connectivity index (χ3v) is 6.39. The van der Waals surface area contributed by atoms with E-state index in [4.69, 9.17) is 4.74 Å². The number of fused-ring (bicyclic) bond motifs is 2. The van der Waals surface area contributed by atoms with E-state index in [9.17, 15) is 4.79 Å². The highest BCUT2D eigenvalue weighted by Gasteiger charge is 2.28. The van der Waals surface area contributed by atoms with Gasteiger partial charge in [0.15, 0.2) is 0 Å². The van der Waals surface area contributed by atoms with Gasteiger partial charge in [0.2, 0.25) is 5.91 Å². The third-order valence-electron chi connectivity index (χ3n) is 6.39. The Balaban J connectivity index is 0.00000245. The number of nitrogens with one attached hydrogen (secondary N) is 2. The number of amides is 1. The van der Waals surface area contributed by atoms with Crippen molar-refractivity contribution < 1.29 is 9.53 Å². The maximum Gasteiger partial charge on any atom is 0.237 e. The number of carbonyl (C=O) groups is 1. The van der Waals surface area contributed by atoms with Crippen molar-refractivity contribution >= 4 is 18.3 Å². The Kier molecular flexibility index (Phi) is 7.13. The number of hydrogen-bond acceptors (Lipinski definition) is 3. The van der Waals surface area contributed by atoms with Gasteiger partial charge in [-0.15, -0.1) is 12.4 Å². The van der Waals surface area contributed by atoms with E-state index < -0.39 is 0 Å². The van der Waals surface area contributed by atoms with Crippen molar-refractivity contribution in [2.24, 2.45) is 0 Å². The summed E-state index contributed by atoms with van der Waals surface area (Å²) in [6.07, 6.45) is 3.93. The lowest BCUT2D eigenvalue weighted by molar-refractivity contribution is -0.124. The quantitative estimate of drug-likeness (QED) is 0.584. The summed E-state index contributed by atoms with van der Waals surface area (Å²) in [5.41, 5.74) is 6.22. The molecule has 0 saturated carbocycles. The van der Waals surface area contributed by atoms with Gasteiger partial charge in [-0.1, -0.05) is 60.7 Å². The summed E-state index contributed by atoms with van der Waals surface area (Å²) in [5, 5.41) is 6.72. The van der Waals surface area contributed by atoms with Crippen LogP contribution in [0.2, 0.25) is 0 Å². The minimum Gasteiger partial charge on any atom is -0.489 e. The van der Waals surface area contributed by atoms with Gasteiger partial charge in [0.05, 0.1) is 12.1 Å². The summed E-state index contributed by atoms with van der Waals surface area (Å²) >= 11 is 0. The van der Waals surface area contributed by atoms with Crippen LogP contribution in [-0.4, -0.2) is 11.9 Å². The van der Waals surface area contributed by atoms with Crippen LogP contribution in [0.4, 0.5) is 0 Å². The van der Waals surface area contributed by atoms with Crippen molar-refractivity contribution in [1.82, 2.24) is 10.6 Å². The highest BCUT2D eigenvalue weighted by Crippen LogP contribution is 2.30. The minimum atomic E-state index is -0.197. The molecule has 0 bridgehead atoms. The molecule has 4 nitrogen and oxygen atoms in total. The third kappa shape index (κ3) is 4.98. The first-order chi connectivity index (χ1) is 15.3. The van der Waals surface area contributed by atoms with Gasteiger partial charge in [0, 0.05) is 6.54 Å². The Labute approximate surface area is 195 Å². The lowest BCUT2D eigenvalue weighted by Crippen LogP contribution is -2.48. The van der Waals surface area contributed by atoms with Crippen molar-refractivity contribution in [3.05, 3.63) is 101 Å². The van der Waals surface area contributed by atoms with E-state index in [1.807, 2.05) is 24.3 Å². The molecular formula is C27H29ClN2O2. The van der Waals surface area contributed by atoms with Gasteiger partial charge in [-0.2, -0.15) is 0 Å². The van der Waals surface area contributed by atoms with Crippen molar-refractivity contribution in [2.45, 2.75) is 50.9 Å². The van der Waals surface area contributed by atoms with Crippen LogP contribution in [0.15, 0.2) is 72.8 Å². The molecule has 2 N–H and O–H groups in total. The van der Waals surface area contributed by atoms with Crippen LogP contribution in [-0.2, 0) is 30.8 Å². The minimum absolute atomic E-state index is 0. The van der Waals surface area contributed by atoms with Crippen LogP contribution in [0, 0.1) is 0 Å². The molecule has 0 radical (unpaired) electrons. The Bertz CT molecular complexity index is 1070. The molecule has 1 aliphatic carbocycles. The second kappa shape index (κ2) is 10.2. The molecule has 3 aromatic carbocycles. The van der Waals surface area contributed by atoms with E-state index in [0.29, 0.717) is 19.6 Å². The molecule has 166 valence electrons. The van der Waals surface area contributed by atoms with Gasteiger partial charge in [-0.05, 0) is 65.6 Å². The summed E-state index contributed by atoms with van der Waals surface area (Å²) in [4.78, 5) is 13.0. The molecule has 0 saturated heterocycles. The van der Waals surface area contributed by atoms with Crippen LogP contribution in [0.3, 0.4) is 0 Å². The molecule has 0 unspecified atom stereocenters. The van der Waals surface area contributed by atoms with E-state index in [0.717, 1.165) is 30.6 Å². The van der Waals surface area contributed by atoms with Crippen molar-refractivity contribution in [2.75, 3.05) is 0 Å². The predicted molar refractivity (Wildman–Crippen MR) is 129 cm³/mol. The van der Waals surface area contributed by atoms with Crippen molar-refractivity contribution in [3.8, 4) is 5.75 Å². The zero-order valence-electron chi connectivity index (χ0n) is 18.1. The molecule has 5 heteroatoms. The number of carbonyl (C=O) groups excluding carboxylic acids is 1. The molecule has 3 aromatic rings. The second-order valence-electron chi connectivity index (χ2n) is 8.49. The molecule has 1 heterocycles. The van der Waals surface area contributed by atoms with Crippen molar-refractivity contribution in [1.29, 1.82) is 0 Å². The van der Waals surface area contributed by atoms with E-state index in [1.165, 1.54) is 22.3 Å². The number of hydrogen-bond donors (Lipinski definition) is 2. The first-order valence-corrected chi connectivity index (χ1v) is 11.2. The molecular weight excluding hydrogens is 420 g/mol. The standard InChI is InChI=1S/C27H28N2O2.ClH/c30-27(29-25-12-6-10-20-9-4-5-11-24(20)25)26-16-21-13-14-23(15-22(21)17-28-26)31-18-19-7-2-1-3-8-19;/h1-5,7-9,11,13-15,25-26,28H,6,10,12,16-18H2,(H,29,30);1H/t25-,26-;/m0./s1. The van der Waals surface area contributed by atoms with E-state index >= 15 is 0 Å². The van der Waals surface area contributed by atoms with Crippen LogP contribution in [0.1, 0.15) is 46.7 Å². The summed E-state index contributed by atoms with van der Waals surface area (Å²) < 4.78 is 5.96. The summed E-state index contributed by atoms with van der Waals surface area (Å²) in [6.45, 7) is 1.23. The summed E-state index contributed by atoms with van der Waals surface area (Å²) in [5.74, 6) is 0.961. The van der Waals surface area contributed by atoms with Gasteiger partial charge in [0.1, 0.15) is 12.4 Å². The Morgan fingerprint density at radius 3 is 2.66 bits per heavy atom. The monoisotopic (exact) mass is 448 g/mol. The highest BCUT2D eigenvalue weighted by molar-refractivity contribution is 5.85. The Hall–Kier alpha value is -2.82. The van der Waals surface area contributed by atoms with Crippen LogP contribution >= 0.6 is 12.4 Å². The van der Waals surface area contributed by atoms with E-state index in [1.54, 1.807) is 0 Å². The smallest absolute Gasteiger partial charge is 0.237 e. The van der Waals surface area contributed by atoms with Crippen LogP contribution in [0.5, 0.6) is 5.75 Å². The van der Waals surface area contributed by atoms with Gasteiger partial charge in [-0.25, -0.2) is 0 Å². The molecule has 0 fully saturated rings. The van der Waals surface area contributed by atoms with Crippen LogP contribution < -0.4 is 15.4 Å². The number of rotatable bonds is 5. The molecule has 2 atom stereocenters. The first kappa shape index (κ1) is 22.4. The van der Waals surface area contributed by atoms with Gasteiger partial charge < -0.3 is 15.4 Å². The average molecular weight is 449 g/mol. The number of halogens is 1. The molecule has 0 aromatic heterocycles. The second-order valence-corrected chi connectivity index (χ2v) is 8.49. The normalized spacial score (nSPS) is 19.1. The fourth-order valence-corrected chi connectivity index (χ4v) is 4.68. The average Bonchev–Trinajstić information content (AvgIpc) is 2.83. The maximum absolute atomic E-state index is 13.0. The number of ether oxygens (including phenoxy) is 1. The molecule has 0 spiro atoms. The zero-order valence-corrected chi connectivity index (χ0v) is 18.9. The fourth-order valence-electron chi connectivity index (χ4n) is 4.68. The SMILES string of the molecule is Cl.O=C(N[C@H]1CCCc2ccccc21)[C@@H]1Cc2ccc(OCc3ccccc3)cc2CN1.